The van der Waals surface area contributed by atoms with E-state index in [0.29, 0.717) is 12.1 Å². The molecule has 2 aromatic carbocycles. The summed E-state index contributed by atoms with van der Waals surface area (Å²) in [5.74, 6) is 0.130. The fourth-order valence-electron chi connectivity index (χ4n) is 4.03. The summed E-state index contributed by atoms with van der Waals surface area (Å²) >= 11 is 0. The highest BCUT2D eigenvalue weighted by molar-refractivity contribution is 6.01. The third-order valence-electron chi connectivity index (χ3n) is 5.22. The predicted molar refractivity (Wildman–Crippen MR) is 112 cm³/mol. The van der Waals surface area contributed by atoms with Crippen molar-refractivity contribution < 1.29 is 4.79 Å². The molecular formula is C23H31N3O. The number of carbonyl (C=O) groups excluding carboxylic acids is 1. The van der Waals surface area contributed by atoms with E-state index in [1.807, 2.05) is 49.5 Å². The lowest BCUT2D eigenvalue weighted by Gasteiger charge is -2.41. The first-order chi connectivity index (χ1) is 13.1. The van der Waals surface area contributed by atoms with Gasteiger partial charge < -0.3 is 15.5 Å². The highest BCUT2D eigenvalue weighted by Gasteiger charge is 2.32. The Morgan fingerprint density at radius 1 is 1.07 bits per heavy atom. The number of piperidine rings is 1. The van der Waals surface area contributed by atoms with Gasteiger partial charge in [-0.2, -0.15) is 0 Å². The molecule has 27 heavy (non-hydrogen) atoms. The van der Waals surface area contributed by atoms with Gasteiger partial charge in [-0.3, -0.25) is 4.79 Å². The van der Waals surface area contributed by atoms with Crippen molar-refractivity contribution in [1.82, 2.24) is 15.5 Å². The van der Waals surface area contributed by atoms with E-state index in [1.54, 1.807) is 0 Å². The van der Waals surface area contributed by atoms with Gasteiger partial charge in [0.1, 0.15) is 0 Å². The molecule has 0 aliphatic carbocycles. The second kappa shape index (κ2) is 9.16. The van der Waals surface area contributed by atoms with Gasteiger partial charge in [-0.15, -0.1) is 0 Å². The molecule has 1 aliphatic heterocycles. The molecule has 1 amide bonds. The second-order valence-electron chi connectivity index (χ2n) is 7.68. The van der Waals surface area contributed by atoms with Crippen LogP contribution in [0, 0.1) is 0 Å². The summed E-state index contributed by atoms with van der Waals surface area (Å²) < 4.78 is 0. The third-order valence-corrected chi connectivity index (χ3v) is 5.22. The van der Waals surface area contributed by atoms with Crippen molar-refractivity contribution in [3.05, 3.63) is 60.2 Å². The molecule has 1 fully saturated rings. The Hall–Kier alpha value is -2.17. The third kappa shape index (κ3) is 4.76. The fourth-order valence-corrected chi connectivity index (χ4v) is 4.03. The van der Waals surface area contributed by atoms with Gasteiger partial charge in [-0.05, 0) is 37.1 Å². The van der Waals surface area contributed by atoms with E-state index in [2.05, 4.69) is 41.5 Å². The fraction of sp³-hybridized carbons (Fsp3) is 0.435. The SMILES string of the molecule is CNCC1CCC(NC(C)C)CN1C(=O)c1ccccc1-c1ccccc1. The number of carbonyl (C=O) groups is 1. The van der Waals surface area contributed by atoms with Gasteiger partial charge >= 0.3 is 0 Å². The van der Waals surface area contributed by atoms with Crippen LogP contribution in [0.5, 0.6) is 0 Å². The Balaban J connectivity index is 1.90. The minimum atomic E-state index is 0.130. The first kappa shape index (κ1) is 19.6. The van der Waals surface area contributed by atoms with Crippen LogP contribution in [0.4, 0.5) is 0 Å². The van der Waals surface area contributed by atoms with E-state index >= 15 is 0 Å². The number of benzene rings is 2. The number of likely N-dealkylation sites (N-methyl/N-ethyl adjacent to an activating group) is 1. The minimum Gasteiger partial charge on any atom is -0.333 e. The summed E-state index contributed by atoms with van der Waals surface area (Å²) in [5.41, 5.74) is 2.88. The molecule has 0 bridgehead atoms. The van der Waals surface area contributed by atoms with E-state index in [-0.39, 0.29) is 11.9 Å². The van der Waals surface area contributed by atoms with Crippen LogP contribution >= 0.6 is 0 Å². The Bertz CT molecular complexity index is 744. The number of hydrogen-bond acceptors (Lipinski definition) is 3. The van der Waals surface area contributed by atoms with Crippen LogP contribution in [0.15, 0.2) is 54.6 Å². The van der Waals surface area contributed by atoms with Crippen molar-refractivity contribution in [3.63, 3.8) is 0 Å². The minimum absolute atomic E-state index is 0.130. The lowest BCUT2D eigenvalue weighted by atomic mass is 9.94. The number of amides is 1. The summed E-state index contributed by atoms with van der Waals surface area (Å²) in [6.45, 7) is 5.91. The normalized spacial score (nSPS) is 20.1. The molecule has 2 atom stereocenters. The number of nitrogens with zero attached hydrogens (tertiary/aromatic N) is 1. The molecular weight excluding hydrogens is 334 g/mol. The molecule has 0 spiro atoms. The highest BCUT2D eigenvalue weighted by Crippen LogP contribution is 2.27. The van der Waals surface area contributed by atoms with Gasteiger partial charge in [0, 0.05) is 36.8 Å². The van der Waals surface area contributed by atoms with Gasteiger partial charge in [0.15, 0.2) is 0 Å². The van der Waals surface area contributed by atoms with Gasteiger partial charge in [0.05, 0.1) is 0 Å². The molecule has 2 N–H and O–H groups in total. The summed E-state index contributed by atoms with van der Waals surface area (Å²) in [5, 5.41) is 6.87. The van der Waals surface area contributed by atoms with Crippen molar-refractivity contribution in [2.24, 2.45) is 0 Å². The maximum atomic E-state index is 13.6. The van der Waals surface area contributed by atoms with Crippen LogP contribution in [-0.4, -0.2) is 49.1 Å². The van der Waals surface area contributed by atoms with E-state index in [4.69, 9.17) is 0 Å². The Morgan fingerprint density at radius 3 is 2.48 bits per heavy atom. The monoisotopic (exact) mass is 365 g/mol. The average molecular weight is 366 g/mol. The van der Waals surface area contributed by atoms with Crippen LogP contribution in [0.3, 0.4) is 0 Å². The van der Waals surface area contributed by atoms with E-state index in [0.717, 1.165) is 42.6 Å². The zero-order valence-corrected chi connectivity index (χ0v) is 16.6. The van der Waals surface area contributed by atoms with Crippen molar-refractivity contribution in [1.29, 1.82) is 0 Å². The van der Waals surface area contributed by atoms with Crippen molar-refractivity contribution in [2.45, 2.75) is 44.8 Å². The van der Waals surface area contributed by atoms with Gasteiger partial charge in [0.25, 0.3) is 5.91 Å². The molecule has 2 unspecified atom stereocenters. The van der Waals surface area contributed by atoms with Crippen molar-refractivity contribution >= 4 is 5.91 Å². The molecule has 1 aliphatic rings. The van der Waals surface area contributed by atoms with Crippen LogP contribution in [0.2, 0.25) is 0 Å². The van der Waals surface area contributed by atoms with E-state index in [9.17, 15) is 4.79 Å². The largest absolute Gasteiger partial charge is 0.333 e. The summed E-state index contributed by atoms with van der Waals surface area (Å²) in [6.07, 6.45) is 2.12. The first-order valence-electron chi connectivity index (χ1n) is 9.96. The van der Waals surface area contributed by atoms with Gasteiger partial charge in [-0.25, -0.2) is 0 Å². The molecule has 3 rings (SSSR count). The topological polar surface area (TPSA) is 44.4 Å². The maximum Gasteiger partial charge on any atom is 0.254 e. The van der Waals surface area contributed by atoms with E-state index in [1.165, 1.54) is 0 Å². The molecule has 0 aromatic heterocycles. The maximum absolute atomic E-state index is 13.6. The lowest BCUT2D eigenvalue weighted by Crippen LogP contribution is -2.56. The Morgan fingerprint density at radius 2 is 1.78 bits per heavy atom. The summed E-state index contributed by atoms with van der Waals surface area (Å²) in [7, 11) is 1.96. The first-order valence-corrected chi connectivity index (χ1v) is 9.96. The standard InChI is InChI=1S/C23H31N3O/c1-17(2)25-19-13-14-20(15-24-3)26(16-19)23(27)22-12-8-7-11-21(22)18-9-5-4-6-10-18/h4-12,17,19-20,24-25H,13-16H2,1-3H3. The molecule has 1 heterocycles. The molecule has 2 aromatic rings. The Kier molecular flexibility index (Phi) is 6.64. The summed E-state index contributed by atoms with van der Waals surface area (Å²) in [4.78, 5) is 15.7. The highest BCUT2D eigenvalue weighted by atomic mass is 16.2. The van der Waals surface area contributed by atoms with Crippen LogP contribution in [0.25, 0.3) is 11.1 Å². The zero-order valence-electron chi connectivity index (χ0n) is 16.6. The number of nitrogens with one attached hydrogen (secondary N) is 2. The second-order valence-corrected chi connectivity index (χ2v) is 7.68. The molecule has 1 saturated heterocycles. The number of hydrogen-bond donors (Lipinski definition) is 2. The lowest BCUT2D eigenvalue weighted by molar-refractivity contribution is 0.0564. The zero-order chi connectivity index (χ0) is 19.2. The quantitative estimate of drug-likeness (QED) is 0.823. The van der Waals surface area contributed by atoms with Gasteiger partial charge in [-0.1, -0.05) is 62.4 Å². The smallest absolute Gasteiger partial charge is 0.254 e. The molecule has 4 nitrogen and oxygen atoms in total. The summed E-state index contributed by atoms with van der Waals surface area (Å²) in [6, 6.07) is 19.1. The molecule has 0 radical (unpaired) electrons. The van der Waals surface area contributed by atoms with Crippen molar-refractivity contribution in [3.8, 4) is 11.1 Å². The van der Waals surface area contributed by atoms with Crippen molar-refractivity contribution in [2.75, 3.05) is 20.1 Å². The molecule has 0 saturated carbocycles. The molecule has 144 valence electrons. The Labute approximate surface area is 163 Å². The predicted octanol–water partition coefficient (Wildman–Crippen LogP) is 3.54. The van der Waals surface area contributed by atoms with Gasteiger partial charge in [0.2, 0.25) is 0 Å². The van der Waals surface area contributed by atoms with Crippen LogP contribution in [-0.2, 0) is 0 Å². The van der Waals surface area contributed by atoms with Crippen LogP contribution < -0.4 is 10.6 Å². The van der Waals surface area contributed by atoms with E-state index < -0.39 is 0 Å². The van der Waals surface area contributed by atoms with Crippen LogP contribution in [0.1, 0.15) is 37.0 Å². The number of likely N-dealkylation sites (tertiary alicyclic amines) is 1. The average Bonchev–Trinajstić information content (AvgIpc) is 2.69. The molecule has 4 heteroatoms. The number of rotatable bonds is 6.